The average molecular weight is 380 g/mol. The van der Waals surface area contributed by atoms with Crippen molar-refractivity contribution >= 4 is 45.9 Å². The number of pyridine rings is 1. The summed E-state index contributed by atoms with van der Waals surface area (Å²) in [6.07, 6.45) is 1.57. The van der Waals surface area contributed by atoms with Gasteiger partial charge in [0, 0.05) is 16.6 Å². The van der Waals surface area contributed by atoms with Gasteiger partial charge in [0.1, 0.15) is 6.54 Å². The van der Waals surface area contributed by atoms with Crippen molar-refractivity contribution < 1.29 is 14.4 Å². The second kappa shape index (κ2) is 6.48. The van der Waals surface area contributed by atoms with E-state index in [1.54, 1.807) is 48.7 Å². The van der Waals surface area contributed by atoms with Gasteiger partial charge >= 0.3 is 0 Å². The van der Waals surface area contributed by atoms with Crippen LogP contribution in [0.2, 0.25) is 5.02 Å². The van der Waals surface area contributed by atoms with Crippen molar-refractivity contribution in [3.63, 3.8) is 0 Å². The number of nitrogens with one attached hydrogen (secondary N) is 1. The number of halogens is 1. The normalized spacial score (nSPS) is 13.2. The number of fused-ring (bicyclic) bond motifs is 2. The number of carbonyl (C=O) groups excluding carboxylic acids is 3. The minimum atomic E-state index is -0.468. The summed E-state index contributed by atoms with van der Waals surface area (Å²) in [6.45, 7) is 1.49. The average Bonchev–Trinajstić information content (AvgIpc) is 2.90. The number of hydrogen-bond donors (Lipinski definition) is 1. The maximum Gasteiger partial charge on any atom is 0.262 e. The van der Waals surface area contributed by atoms with Crippen molar-refractivity contribution in [1.82, 2.24) is 9.88 Å². The van der Waals surface area contributed by atoms with Crippen LogP contribution in [0, 0.1) is 6.92 Å². The second-order valence-electron chi connectivity index (χ2n) is 6.22. The molecule has 0 unspecified atom stereocenters. The summed E-state index contributed by atoms with van der Waals surface area (Å²) in [7, 11) is 0. The van der Waals surface area contributed by atoms with Crippen LogP contribution in [0.15, 0.2) is 48.7 Å². The van der Waals surface area contributed by atoms with E-state index in [2.05, 4.69) is 10.3 Å². The van der Waals surface area contributed by atoms with Gasteiger partial charge in [-0.3, -0.25) is 24.3 Å². The Morgan fingerprint density at radius 2 is 1.74 bits per heavy atom. The van der Waals surface area contributed by atoms with E-state index >= 15 is 0 Å². The van der Waals surface area contributed by atoms with Crippen LogP contribution < -0.4 is 5.32 Å². The van der Waals surface area contributed by atoms with E-state index in [-0.39, 0.29) is 6.54 Å². The van der Waals surface area contributed by atoms with Crippen molar-refractivity contribution in [2.24, 2.45) is 0 Å². The molecule has 2 heterocycles. The van der Waals surface area contributed by atoms with Crippen molar-refractivity contribution in [2.75, 3.05) is 11.9 Å². The van der Waals surface area contributed by atoms with Crippen molar-refractivity contribution in [2.45, 2.75) is 6.92 Å². The molecule has 2 aromatic carbocycles. The van der Waals surface area contributed by atoms with Gasteiger partial charge in [-0.25, -0.2) is 0 Å². The maximum absolute atomic E-state index is 12.5. The fourth-order valence-electron chi connectivity index (χ4n) is 3.16. The van der Waals surface area contributed by atoms with Gasteiger partial charge in [-0.15, -0.1) is 0 Å². The molecule has 7 heteroatoms. The van der Waals surface area contributed by atoms with Crippen LogP contribution in [0.5, 0.6) is 0 Å². The molecule has 0 bridgehead atoms. The largest absolute Gasteiger partial charge is 0.324 e. The number of anilines is 1. The molecule has 0 fully saturated rings. The van der Waals surface area contributed by atoms with Crippen molar-refractivity contribution in [3.05, 3.63) is 70.4 Å². The first kappa shape index (κ1) is 17.2. The summed E-state index contributed by atoms with van der Waals surface area (Å²) in [5, 5.41) is 4.08. The van der Waals surface area contributed by atoms with Gasteiger partial charge < -0.3 is 5.32 Å². The van der Waals surface area contributed by atoms with Gasteiger partial charge in [0.25, 0.3) is 11.8 Å². The molecule has 0 saturated heterocycles. The zero-order valence-corrected chi connectivity index (χ0v) is 15.1. The summed E-state index contributed by atoms with van der Waals surface area (Å²) in [5.41, 5.74) is 2.66. The van der Waals surface area contributed by atoms with Gasteiger partial charge in [0.15, 0.2) is 0 Å². The highest BCUT2D eigenvalue weighted by Gasteiger charge is 2.36. The van der Waals surface area contributed by atoms with Gasteiger partial charge in [-0.05, 0) is 42.8 Å². The predicted octanol–water partition coefficient (Wildman–Crippen LogP) is 3.43. The molecule has 3 aromatic rings. The molecule has 27 heavy (non-hydrogen) atoms. The molecule has 134 valence electrons. The smallest absolute Gasteiger partial charge is 0.262 e. The van der Waals surface area contributed by atoms with E-state index in [0.29, 0.717) is 27.4 Å². The fraction of sp³-hybridized carbons (Fsp3) is 0.100. The summed E-state index contributed by atoms with van der Waals surface area (Å²) in [5.74, 6) is -1.40. The van der Waals surface area contributed by atoms with Crippen LogP contribution in [0.1, 0.15) is 26.3 Å². The highest BCUT2D eigenvalue weighted by molar-refractivity contribution is 6.32. The van der Waals surface area contributed by atoms with E-state index in [9.17, 15) is 14.4 Å². The number of imide groups is 1. The van der Waals surface area contributed by atoms with E-state index in [1.165, 1.54) is 0 Å². The third kappa shape index (κ3) is 2.84. The standard InChI is InChI=1S/C20H14ClN3O3/c1-11-15(21)7-6-14-16(8-9-22-18(11)14)23-17(25)10-24-19(26)12-4-2-3-5-13(12)20(24)27/h2-9H,10H2,1H3,(H,22,23,25). The number of carbonyl (C=O) groups is 3. The Morgan fingerprint density at radius 1 is 1.07 bits per heavy atom. The highest BCUT2D eigenvalue weighted by Crippen LogP contribution is 2.29. The highest BCUT2D eigenvalue weighted by atomic mass is 35.5. The lowest BCUT2D eigenvalue weighted by Crippen LogP contribution is -2.37. The number of aromatic nitrogens is 1. The second-order valence-corrected chi connectivity index (χ2v) is 6.62. The zero-order valence-electron chi connectivity index (χ0n) is 14.3. The molecular weight excluding hydrogens is 366 g/mol. The lowest BCUT2D eigenvalue weighted by molar-refractivity contribution is -0.116. The van der Waals surface area contributed by atoms with Gasteiger partial charge in [-0.2, -0.15) is 0 Å². The first-order valence-corrected chi connectivity index (χ1v) is 8.64. The third-order valence-electron chi connectivity index (χ3n) is 4.55. The van der Waals surface area contributed by atoms with E-state index in [4.69, 9.17) is 11.6 Å². The molecule has 1 aliphatic rings. The maximum atomic E-state index is 12.5. The number of benzene rings is 2. The van der Waals surface area contributed by atoms with Crippen LogP contribution >= 0.6 is 11.6 Å². The van der Waals surface area contributed by atoms with E-state index in [0.717, 1.165) is 15.8 Å². The minimum Gasteiger partial charge on any atom is -0.324 e. The number of nitrogens with zero attached hydrogens (tertiary/aromatic N) is 2. The van der Waals surface area contributed by atoms with Crippen LogP contribution in [-0.2, 0) is 4.79 Å². The van der Waals surface area contributed by atoms with Gasteiger partial charge in [-0.1, -0.05) is 23.7 Å². The molecule has 1 N–H and O–H groups in total. The topological polar surface area (TPSA) is 79.4 Å². The third-order valence-corrected chi connectivity index (χ3v) is 4.96. The Balaban J connectivity index is 1.58. The Labute approximate surface area is 159 Å². The fourth-order valence-corrected chi connectivity index (χ4v) is 3.31. The SMILES string of the molecule is Cc1c(Cl)ccc2c(NC(=O)CN3C(=O)c4ccccc4C3=O)ccnc12. The number of hydrogen-bond acceptors (Lipinski definition) is 4. The molecule has 1 aliphatic heterocycles. The Hall–Kier alpha value is -3.25. The summed E-state index contributed by atoms with van der Waals surface area (Å²) >= 11 is 6.13. The molecule has 0 aliphatic carbocycles. The summed E-state index contributed by atoms with van der Waals surface area (Å²) in [4.78, 5) is 42.5. The molecule has 6 nitrogen and oxygen atoms in total. The van der Waals surface area contributed by atoms with Crippen LogP contribution in [0.25, 0.3) is 10.9 Å². The monoisotopic (exact) mass is 379 g/mol. The molecule has 0 saturated carbocycles. The van der Waals surface area contributed by atoms with Gasteiger partial charge in [0.2, 0.25) is 5.91 Å². The quantitative estimate of drug-likeness (QED) is 0.707. The zero-order chi connectivity index (χ0) is 19.1. The molecule has 0 radical (unpaired) electrons. The van der Waals surface area contributed by atoms with Crippen LogP contribution in [0.3, 0.4) is 0 Å². The van der Waals surface area contributed by atoms with Crippen molar-refractivity contribution in [1.29, 1.82) is 0 Å². The molecule has 1 aromatic heterocycles. The van der Waals surface area contributed by atoms with Gasteiger partial charge in [0.05, 0.1) is 22.3 Å². The first-order valence-electron chi connectivity index (χ1n) is 8.26. The summed E-state index contributed by atoms with van der Waals surface area (Å²) < 4.78 is 0. The van der Waals surface area contributed by atoms with E-state index < -0.39 is 17.7 Å². The predicted molar refractivity (Wildman–Crippen MR) is 102 cm³/mol. The lowest BCUT2D eigenvalue weighted by atomic mass is 10.1. The first-order chi connectivity index (χ1) is 13.0. The number of amides is 3. The summed E-state index contributed by atoms with van der Waals surface area (Å²) in [6, 6.07) is 11.7. The van der Waals surface area contributed by atoms with Crippen molar-refractivity contribution in [3.8, 4) is 0 Å². The Bertz CT molecular complexity index is 1090. The lowest BCUT2D eigenvalue weighted by Gasteiger charge is -2.15. The molecular formula is C20H14ClN3O3. The Kier molecular flexibility index (Phi) is 4.12. The Morgan fingerprint density at radius 3 is 2.41 bits per heavy atom. The number of aryl methyl sites for hydroxylation is 1. The van der Waals surface area contributed by atoms with Crippen LogP contribution in [0.4, 0.5) is 5.69 Å². The molecule has 0 atom stereocenters. The minimum absolute atomic E-state index is 0.315. The van der Waals surface area contributed by atoms with E-state index in [1.807, 2.05) is 6.92 Å². The van der Waals surface area contributed by atoms with Crippen LogP contribution in [-0.4, -0.2) is 34.2 Å². The molecule has 3 amide bonds. The molecule has 0 spiro atoms. The number of rotatable bonds is 3. The molecule has 4 rings (SSSR count).